The van der Waals surface area contributed by atoms with E-state index in [1.54, 1.807) is 0 Å². The van der Waals surface area contributed by atoms with E-state index in [-0.39, 0.29) is 16.7 Å². The van der Waals surface area contributed by atoms with Crippen molar-refractivity contribution in [3.63, 3.8) is 0 Å². The zero-order valence-corrected chi connectivity index (χ0v) is 8.51. The van der Waals surface area contributed by atoms with Crippen molar-refractivity contribution >= 4 is 23.1 Å². The molecular formula is C10H6ClF3O2. The zero-order valence-electron chi connectivity index (χ0n) is 7.75. The Morgan fingerprint density at radius 2 is 1.88 bits per heavy atom. The van der Waals surface area contributed by atoms with Gasteiger partial charge in [-0.05, 0) is 6.07 Å². The van der Waals surface area contributed by atoms with Crippen molar-refractivity contribution in [3.05, 3.63) is 40.9 Å². The van der Waals surface area contributed by atoms with Crippen molar-refractivity contribution in [3.8, 4) is 0 Å². The molecule has 0 bridgehead atoms. The lowest BCUT2D eigenvalue weighted by Gasteiger charge is -2.12. The third-order valence-electron chi connectivity index (χ3n) is 1.74. The summed E-state index contributed by atoms with van der Waals surface area (Å²) >= 11 is 5.57. The first-order valence-corrected chi connectivity index (χ1v) is 4.47. The van der Waals surface area contributed by atoms with E-state index >= 15 is 0 Å². The second-order valence-electron chi connectivity index (χ2n) is 2.87. The summed E-state index contributed by atoms with van der Waals surface area (Å²) < 4.78 is 37.7. The number of hydrogen-bond acceptors (Lipinski definition) is 1. The number of carboxylic acid groups (broad SMARTS) is 1. The van der Waals surface area contributed by atoms with Gasteiger partial charge in [0, 0.05) is 16.7 Å². The average Bonchev–Trinajstić information content (AvgIpc) is 2.13. The lowest BCUT2D eigenvalue weighted by molar-refractivity contribution is -0.131. The minimum Gasteiger partial charge on any atom is -0.478 e. The minimum atomic E-state index is -4.76. The summed E-state index contributed by atoms with van der Waals surface area (Å²) in [5.74, 6) is -1.67. The summed E-state index contributed by atoms with van der Waals surface area (Å²) in [7, 11) is 0. The van der Waals surface area contributed by atoms with Crippen LogP contribution in [-0.2, 0) is 4.79 Å². The number of allylic oxidation sites excluding steroid dienone is 1. The second kappa shape index (κ2) is 4.57. The van der Waals surface area contributed by atoms with E-state index < -0.39 is 17.7 Å². The zero-order chi connectivity index (χ0) is 12.3. The first-order chi connectivity index (χ1) is 7.32. The molecule has 0 amide bonds. The molecule has 0 atom stereocenters. The molecule has 0 unspecified atom stereocenters. The number of rotatable bonds is 2. The van der Waals surface area contributed by atoms with Crippen molar-refractivity contribution < 1.29 is 23.1 Å². The van der Waals surface area contributed by atoms with Crippen molar-refractivity contribution in [1.82, 2.24) is 0 Å². The standard InChI is InChI=1S/C10H6ClF3O2/c11-8-4-2-1-3-6(8)7(5-9(15)16)10(12,13)14/h1-5H,(H,15,16)/b7-5-. The van der Waals surface area contributed by atoms with Gasteiger partial charge in [-0.2, -0.15) is 13.2 Å². The highest BCUT2D eigenvalue weighted by molar-refractivity contribution is 6.32. The lowest BCUT2D eigenvalue weighted by Crippen LogP contribution is -2.12. The van der Waals surface area contributed by atoms with Crippen LogP contribution in [0.1, 0.15) is 5.56 Å². The number of halogens is 4. The third kappa shape index (κ3) is 3.00. The molecular weight excluding hydrogens is 245 g/mol. The van der Waals surface area contributed by atoms with Gasteiger partial charge < -0.3 is 5.11 Å². The van der Waals surface area contributed by atoms with E-state index in [4.69, 9.17) is 16.7 Å². The molecule has 86 valence electrons. The van der Waals surface area contributed by atoms with Crippen molar-refractivity contribution in [2.24, 2.45) is 0 Å². The van der Waals surface area contributed by atoms with Gasteiger partial charge in [0.25, 0.3) is 0 Å². The predicted octanol–water partition coefficient (Wildman–Crippen LogP) is 3.37. The van der Waals surface area contributed by atoms with Crippen LogP contribution in [0.5, 0.6) is 0 Å². The molecule has 1 rings (SSSR count). The molecule has 0 aliphatic heterocycles. The van der Waals surface area contributed by atoms with Gasteiger partial charge in [-0.3, -0.25) is 0 Å². The molecule has 1 aromatic rings. The van der Waals surface area contributed by atoms with Gasteiger partial charge in [0.15, 0.2) is 0 Å². The summed E-state index contributed by atoms with van der Waals surface area (Å²) in [5.41, 5.74) is -1.62. The van der Waals surface area contributed by atoms with Crippen LogP contribution in [0.4, 0.5) is 13.2 Å². The van der Waals surface area contributed by atoms with Crippen LogP contribution in [0, 0.1) is 0 Å². The summed E-state index contributed by atoms with van der Waals surface area (Å²) in [6.45, 7) is 0. The van der Waals surface area contributed by atoms with Gasteiger partial charge in [0.2, 0.25) is 0 Å². The summed E-state index contributed by atoms with van der Waals surface area (Å²) in [6, 6.07) is 5.19. The molecule has 0 saturated heterocycles. The molecule has 16 heavy (non-hydrogen) atoms. The highest BCUT2D eigenvalue weighted by atomic mass is 35.5. The average molecular weight is 251 g/mol. The number of carbonyl (C=O) groups is 1. The van der Waals surface area contributed by atoms with E-state index in [9.17, 15) is 18.0 Å². The van der Waals surface area contributed by atoms with E-state index in [2.05, 4.69) is 0 Å². The first-order valence-electron chi connectivity index (χ1n) is 4.09. The Hall–Kier alpha value is -1.49. The number of carboxylic acids is 1. The maximum atomic E-state index is 12.6. The molecule has 0 aliphatic carbocycles. The predicted molar refractivity (Wildman–Crippen MR) is 53.1 cm³/mol. The molecule has 6 heteroatoms. The monoisotopic (exact) mass is 250 g/mol. The van der Waals surface area contributed by atoms with Gasteiger partial charge in [0.05, 0.1) is 5.57 Å². The van der Waals surface area contributed by atoms with Gasteiger partial charge in [-0.1, -0.05) is 29.8 Å². The van der Waals surface area contributed by atoms with Gasteiger partial charge >= 0.3 is 12.1 Å². The van der Waals surface area contributed by atoms with E-state index in [0.29, 0.717) is 0 Å². The molecule has 1 N–H and O–H groups in total. The number of aliphatic carboxylic acids is 1. The molecule has 0 fully saturated rings. The molecule has 1 aromatic carbocycles. The molecule has 0 saturated carbocycles. The summed E-state index contributed by atoms with van der Waals surface area (Å²) in [6.07, 6.45) is -4.66. The maximum absolute atomic E-state index is 12.6. The Morgan fingerprint density at radius 1 is 1.31 bits per heavy atom. The maximum Gasteiger partial charge on any atom is 0.417 e. The van der Waals surface area contributed by atoms with E-state index in [0.717, 1.165) is 6.07 Å². The molecule has 0 spiro atoms. The number of alkyl halides is 3. The molecule has 0 radical (unpaired) electrons. The molecule has 2 nitrogen and oxygen atoms in total. The Kier molecular flexibility index (Phi) is 3.59. The smallest absolute Gasteiger partial charge is 0.417 e. The van der Waals surface area contributed by atoms with Gasteiger partial charge in [-0.25, -0.2) is 4.79 Å². The molecule has 0 aromatic heterocycles. The Labute approximate surface area is 94.0 Å². The lowest BCUT2D eigenvalue weighted by atomic mass is 10.1. The summed E-state index contributed by atoms with van der Waals surface area (Å²) in [5, 5.41) is 8.23. The summed E-state index contributed by atoms with van der Waals surface area (Å²) in [4.78, 5) is 10.3. The SMILES string of the molecule is O=C(O)/C=C(/c1ccccc1Cl)C(F)(F)F. The van der Waals surface area contributed by atoms with Crippen molar-refractivity contribution in [2.45, 2.75) is 6.18 Å². The third-order valence-corrected chi connectivity index (χ3v) is 2.07. The fourth-order valence-electron chi connectivity index (χ4n) is 1.12. The highest BCUT2D eigenvalue weighted by Crippen LogP contribution is 2.36. The van der Waals surface area contributed by atoms with Gasteiger partial charge in [0.1, 0.15) is 0 Å². The normalized spacial score (nSPS) is 12.6. The topological polar surface area (TPSA) is 37.3 Å². The number of hydrogen-bond donors (Lipinski definition) is 1. The Balaban J connectivity index is 3.34. The second-order valence-corrected chi connectivity index (χ2v) is 3.28. The fourth-order valence-corrected chi connectivity index (χ4v) is 1.35. The van der Waals surface area contributed by atoms with Crippen LogP contribution < -0.4 is 0 Å². The molecule has 0 heterocycles. The molecule has 0 aliphatic rings. The minimum absolute atomic E-state index is 0.0984. The van der Waals surface area contributed by atoms with Crippen LogP contribution in [0.3, 0.4) is 0 Å². The van der Waals surface area contributed by atoms with E-state index in [1.165, 1.54) is 18.2 Å². The quantitative estimate of drug-likeness (QED) is 0.817. The van der Waals surface area contributed by atoms with Crippen molar-refractivity contribution in [1.29, 1.82) is 0 Å². The van der Waals surface area contributed by atoms with Crippen LogP contribution in [-0.4, -0.2) is 17.3 Å². The first kappa shape index (κ1) is 12.6. The highest BCUT2D eigenvalue weighted by Gasteiger charge is 2.36. The number of benzene rings is 1. The fraction of sp³-hybridized carbons (Fsp3) is 0.100. The van der Waals surface area contributed by atoms with Crippen LogP contribution in [0.15, 0.2) is 30.3 Å². The van der Waals surface area contributed by atoms with Gasteiger partial charge in [-0.15, -0.1) is 0 Å². The van der Waals surface area contributed by atoms with E-state index in [1.807, 2.05) is 0 Å². The van der Waals surface area contributed by atoms with Crippen LogP contribution >= 0.6 is 11.6 Å². The largest absolute Gasteiger partial charge is 0.478 e. The van der Waals surface area contributed by atoms with Crippen LogP contribution in [0.25, 0.3) is 5.57 Å². The van der Waals surface area contributed by atoms with Crippen LogP contribution in [0.2, 0.25) is 5.02 Å². The Morgan fingerprint density at radius 3 is 2.31 bits per heavy atom. The van der Waals surface area contributed by atoms with Crippen molar-refractivity contribution in [2.75, 3.05) is 0 Å². The Bertz CT molecular complexity index is 438.